The highest BCUT2D eigenvalue weighted by Crippen LogP contribution is 2.47. The van der Waals surface area contributed by atoms with Gasteiger partial charge in [0.15, 0.2) is 0 Å². The van der Waals surface area contributed by atoms with E-state index in [4.69, 9.17) is 0 Å². The van der Waals surface area contributed by atoms with Gasteiger partial charge in [0.2, 0.25) is 0 Å². The normalized spacial score (nSPS) is 52.9. The Labute approximate surface area is 51.3 Å². The number of fused-ring (bicyclic) bond motifs is 2. The van der Waals surface area contributed by atoms with Gasteiger partial charge in [-0.25, -0.2) is 0 Å². The average molecular weight is 110 g/mol. The first-order valence-electron chi connectivity index (χ1n) is 3.86. The molecule has 46 valence electrons. The third-order valence-electron chi connectivity index (χ3n) is 3.09. The minimum atomic E-state index is 1.08. The molecule has 2 bridgehead atoms. The predicted octanol–water partition coefficient (Wildman–Crippen LogP) is 2.44. The van der Waals surface area contributed by atoms with Gasteiger partial charge in [0, 0.05) is 0 Å². The summed E-state index contributed by atoms with van der Waals surface area (Å²) >= 11 is 0. The summed E-state index contributed by atoms with van der Waals surface area (Å²) < 4.78 is 0. The minimum Gasteiger partial charge on any atom is -0.0622 e. The summed E-state index contributed by atoms with van der Waals surface area (Å²) in [4.78, 5) is 0. The zero-order valence-electron chi connectivity index (χ0n) is 5.56. The Morgan fingerprint density at radius 2 is 2.00 bits per heavy atom. The first kappa shape index (κ1) is 4.84. The van der Waals surface area contributed by atoms with E-state index in [9.17, 15) is 0 Å². The highest BCUT2D eigenvalue weighted by Gasteiger charge is 2.36. The lowest BCUT2D eigenvalue weighted by Gasteiger charge is -2.15. The van der Waals surface area contributed by atoms with E-state index in [0.29, 0.717) is 0 Å². The molecule has 0 heteroatoms. The molecule has 0 heterocycles. The van der Waals surface area contributed by atoms with E-state index < -0.39 is 0 Å². The third kappa shape index (κ3) is 0.519. The summed E-state index contributed by atoms with van der Waals surface area (Å²) in [6.45, 7) is 2.42. The maximum Gasteiger partial charge on any atom is -0.0386 e. The first-order chi connectivity index (χ1) is 3.86. The van der Waals surface area contributed by atoms with Gasteiger partial charge >= 0.3 is 0 Å². The molecule has 0 nitrogen and oxygen atoms in total. The number of hydrogen-bond acceptors (Lipinski definition) is 0. The van der Waals surface area contributed by atoms with Crippen LogP contribution in [-0.4, -0.2) is 0 Å². The predicted molar refractivity (Wildman–Crippen MR) is 34.6 cm³/mol. The van der Waals surface area contributed by atoms with Gasteiger partial charge in [0.25, 0.3) is 0 Å². The van der Waals surface area contributed by atoms with Crippen LogP contribution in [0.3, 0.4) is 0 Å². The van der Waals surface area contributed by atoms with Crippen LogP contribution in [0.15, 0.2) is 0 Å². The molecule has 0 aromatic rings. The van der Waals surface area contributed by atoms with Crippen LogP contribution in [0.4, 0.5) is 0 Å². The topological polar surface area (TPSA) is 0 Å². The molecule has 2 rings (SSSR count). The van der Waals surface area contributed by atoms with Crippen molar-refractivity contribution < 1.29 is 0 Å². The summed E-state index contributed by atoms with van der Waals surface area (Å²) in [6, 6.07) is 0. The summed E-state index contributed by atoms with van der Waals surface area (Å²) in [5.74, 6) is 3.36. The van der Waals surface area contributed by atoms with Crippen molar-refractivity contribution in [2.45, 2.75) is 32.6 Å². The van der Waals surface area contributed by atoms with Crippen molar-refractivity contribution in [1.29, 1.82) is 0 Å². The summed E-state index contributed by atoms with van der Waals surface area (Å²) in [5.41, 5.74) is 0. The van der Waals surface area contributed by atoms with Crippen LogP contribution < -0.4 is 0 Å². The monoisotopic (exact) mass is 110 g/mol. The van der Waals surface area contributed by atoms with Gasteiger partial charge in [-0.2, -0.15) is 0 Å². The maximum absolute atomic E-state index is 2.42. The summed E-state index contributed by atoms with van der Waals surface area (Å²) in [5, 5.41) is 0. The van der Waals surface area contributed by atoms with Crippen molar-refractivity contribution >= 4 is 0 Å². The molecule has 8 heavy (non-hydrogen) atoms. The fourth-order valence-corrected chi connectivity index (χ4v) is 2.56. The SMILES string of the molecule is CC1C[C@H]2CC[C@@H]1C2. The van der Waals surface area contributed by atoms with Gasteiger partial charge in [-0.05, 0) is 37.0 Å². The number of hydrogen-bond donors (Lipinski definition) is 0. The minimum absolute atomic E-state index is 1.08. The van der Waals surface area contributed by atoms with Gasteiger partial charge in [-0.3, -0.25) is 0 Å². The number of rotatable bonds is 0. The van der Waals surface area contributed by atoms with Crippen LogP contribution in [0.2, 0.25) is 0 Å². The molecule has 0 saturated heterocycles. The largest absolute Gasteiger partial charge is 0.0622 e. The van der Waals surface area contributed by atoms with Crippen molar-refractivity contribution in [3.05, 3.63) is 0 Å². The van der Waals surface area contributed by atoms with E-state index >= 15 is 0 Å². The molecule has 0 N–H and O–H groups in total. The molecule has 2 fully saturated rings. The van der Waals surface area contributed by atoms with Gasteiger partial charge < -0.3 is 0 Å². The highest BCUT2D eigenvalue weighted by atomic mass is 14.4. The van der Waals surface area contributed by atoms with Gasteiger partial charge in [0.05, 0.1) is 0 Å². The zero-order chi connectivity index (χ0) is 5.56. The highest BCUT2D eigenvalue weighted by molar-refractivity contribution is 4.87. The Kier molecular flexibility index (Phi) is 0.902. The van der Waals surface area contributed by atoms with Gasteiger partial charge in [0.1, 0.15) is 0 Å². The van der Waals surface area contributed by atoms with E-state index in [0.717, 1.165) is 17.8 Å². The molecular weight excluding hydrogens is 96.1 g/mol. The maximum atomic E-state index is 2.42. The Hall–Kier alpha value is 0. The lowest BCUT2D eigenvalue weighted by Crippen LogP contribution is -2.04. The van der Waals surface area contributed by atoms with Crippen LogP contribution >= 0.6 is 0 Å². The molecule has 0 aromatic heterocycles. The summed E-state index contributed by atoms with van der Waals surface area (Å²) in [6.07, 6.45) is 6.21. The Bertz CT molecular complexity index is 94.2. The molecule has 3 atom stereocenters. The zero-order valence-corrected chi connectivity index (χ0v) is 5.56. The van der Waals surface area contributed by atoms with Gasteiger partial charge in [-0.1, -0.05) is 13.3 Å². The third-order valence-corrected chi connectivity index (χ3v) is 3.09. The fourth-order valence-electron chi connectivity index (χ4n) is 2.56. The second-order valence-corrected chi connectivity index (χ2v) is 3.65. The molecule has 1 unspecified atom stereocenters. The van der Waals surface area contributed by atoms with Crippen LogP contribution in [0.1, 0.15) is 32.6 Å². The van der Waals surface area contributed by atoms with Crippen molar-refractivity contribution in [1.82, 2.24) is 0 Å². The molecule has 2 aliphatic carbocycles. The lowest BCUT2D eigenvalue weighted by atomic mass is 9.91. The molecule has 0 radical (unpaired) electrons. The molecular formula is C8H14. The van der Waals surface area contributed by atoms with Crippen molar-refractivity contribution in [2.24, 2.45) is 17.8 Å². The molecule has 0 aliphatic heterocycles. The first-order valence-corrected chi connectivity index (χ1v) is 3.86. The average Bonchev–Trinajstić information content (AvgIpc) is 2.23. The summed E-state index contributed by atoms with van der Waals surface area (Å²) in [7, 11) is 0. The second kappa shape index (κ2) is 1.49. The Morgan fingerprint density at radius 3 is 2.25 bits per heavy atom. The van der Waals surface area contributed by atoms with Crippen LogP contribution in [-0.2, 0) is 0 Å². The quantitative estimate of drug-likeness (QED) is 0.449. The van der Waals surface area contributed by atoms with E-state index in [1.54, 1.807) is 25.7 Å². The smallest absolute Gasteiger partial charge is 0.0386 e. The van der Waals surface area contributed by atoms with Crippen LogP contribution in [0, 0.1) is 17.8 Å². The van der Waals surface area contributed by atoms with Crippen molar-refractivity contribution in [3.8, 4) is 0 Å². The van der Waals surface area contributed by atoms with Crippen LogP contribution in [0.5, 0.6) is 0 Å². The van der Waals surface area contributed by atoms with E-state index in [2.05, 4.69) is 6.92 Å². The molecule has 0 spiro atoms. The lowest BCUT2D eigenvalue weighted by molar-refractivity contribution is 0.360. The molecule has 0 amide bonds. The Balaban J connectivity index is 2.11. The van der Waals surface area contributed by atoms with Gasteiger partial charge in [-0.15, -0.1) is 0 Å². The van der Waals surface area contributed by atoms with Crippen molar-refractivity contribution in [3.63, 3.8) is 0 Å². The van der Waals surface area contributed by atoms with Crippen molar-refractivity contribution in [2.75, 3.05) is 0 Å². The Morgan fingerprint density at radius 1 is 1.12 bits per heavy atom. The van der Waals surface area contributed by atoms with E-state index in [-0.39, 0.29) is 0 Å². The molecule has 0 aromatic carbocycles. The molecule has 2 saturated carbocycles. The van der Waals surface area contributed by atoms with E-state index in [1.165, 1.54) is 0 Å². The van der Waals surface area contributed by atoms with Crippen LogP contribution in [0.25, 0.3) is 0 Å². The standard InChI is InChI=1S/C8H14/c1-6-4-7-2-3-8(6)5-7/h6-8H,2-5H2,1H3/t6?,7-,8-/m1/s1. The second-order valence-electron chi connectivity index (χ2n) is 3.65. The van der Waals surface area contributed by atoms with E-state index in [1.807, 2.05) is 0 Å². The molecule has 2 aliphatic rings. The fraction of sp³-hybridized carbons (Fsp3) is 1.00.